The third-order valence-electron chi connectivity index (χ3n) is 5.10. The van der Waals surface area contributed by atoms with Gasteiger partial charge in [-0.2, -0.15) is 5.11 Å². The summed E-state index contributed by atoms with van der Waals surface area (Å²) >= 11 is 0. The average Bonchev–Trinajstić information content (AvgIpc) is 2.75. The number of ketones is 1. The molecule has 0 fully saturated rings. The van der Waals surface area contributed by atoms with Gasteiger partial charge in [0.15, 0.2) is 5.78 Å². The number of hydrogen-bond acceptors (Lipinski definition) is 7. The first-order valence-corrected chi connectivity index (χ1v) is 11.0. The molecule has 178 valence electrons. The molecule has 1 rings (SSSR count). The summed E-state index contributed by atoms with van der Waals surface area (Å²) in [6, 6.07) is 6.70. The highest BCUT2D eigenvalue weighted by Crippen LogP contribution is 2.16. The second-order valence-electron chi connectivity index (χ2n) is 8.23. The smallest absolute Gasteiger partial charge is 0.251 e. The topological polar surface area (TPSA) is 178 Å². The van der Waals surface area contributed by atoms with Crippen LogP contribution in [0, 0.1) is 11.8 Å². The first-order valence-electron chi connectivity index (χ1n) is 11.0. The van der Waals surface area contributed by atoms with Gasteiger partial charge in [-0.1, -0.05) is 37.6 Å². The Morgan fingerprint density at radius 1 is 1.16 bits per heavy atom. The Morgan fingerprint density at radius 3 is 2.53 bits per heavy atom. The van der Waals surface area contributed by atoms with Crippen molar-refractivity contribution >= 4 is 17.6 Å². The van der Waals surface area contributed by atoms with E-state index in [1.165, 1.54) is 0 Å². The summed E-state index contributed by atoms with van der Waals surface area (Å²) in [7, 11) is 0. The fourth-order valence-corrected chi connectivity index (χ4v) is 3.43. The zero-order valence-electron chi connectivity index (χ0n) is 19.0. The number of rotatable bonds is 16. The minimum atomic E-state index is -0.527. The fourth-order valence-electron chi connectivity index (χ4n) is 3.43. The minimum absolute atomic E-state index is 0.0460. The number of hydrogen-bond donors (Lipinski definition) is 5. The Bertz CT molecular complexity index is 768. The molecule has 0 saturated heterocycles. The van der Waals surface area contributed by atoms with E-state index in [0.29, 0.717) is 50.3 Å². The molecule has 0 saturated carbocycles. The second-order valence-corrected chi connectivity index (χ2v) is 8.23. The molecular weight excluding hydrogens is 410 g/mol. The highest BCUT2D eigenvalue weighted by Gasteiger charge is 2.25. The monoisotopic (exact) mass is 447 g/mol. The maximum atomic E-state index is 12.6. The maximum Gasteiger partial charge on any atom is 0.251 e. The van der Waals surface area contributed by atoms with E-state index in [2.05, 4.69) is 21.0 Å². The van der Waals surface area contributed by atoms with Gasteiger partial charge in [0.1, 0.15) is 0 Å². The first-order chi connectivity index (χ1) is 15.3. The molecule has 0 radical (unpaired) electrons. The summed E-state index contributed by atoms with van der Waals surface area (Å²) < 4.78 is 0. The van der Waals surface area contributed by atoms with E-state index in [9.17, 15) is 14.4 Å². The van der Waals surface area contributed by atoms with Gasteiger partial charge in [-0.15, -0.1) is 0 Å². The lowest BCUT2D eigenvalue weighted by atomic mass is 9.90. The van der Waals surface area contributed by atoms with Crippen LogP contribution in [0.3, 0.4) is 0 Å². The molecule has 0 heterocycles. The van der Waals surface area contributed by atoms with Crippen molar-refractivity contribution in [3.8, 4) is 0 Å². The highest BCUT2D eigenvalue weighted by atomic mass is 16.2. The van der Waals surface area contributed by atoms with Crippen LogP contribution in [0.1, 0.15) is 61.9 Å². The Balaban J connectivity index is 2.46. The standard InChI is InChI=1S/C22H37N7O3/c1-15(2)10-19(27-14-23)20(30)12-17(21(24)31)7-3-4-9-26-22(32)18-8-5-6-16(11-18)13-28-29-25/h5-6,8,11,15,17,19,27H,3-4,7,9-10,12-14,23H2,1-2H3,(H2,24,31)(H2,25,28)(H,26,32)/t17-,19+/m1/s1. The molecule has 0 aromatic heterocycles. The predicted octanol–water partition coefficient (Wildman–Crippen LogP) is 1.39. The van der Waals surface area contributed by atoms with E-state index in [1.807, 2.05) is 19.9 Å². The normalized spacial score (nSPS) is 13.2. The molecule has 8 N–H and O–H groups in total. The summed E-state index contributed by atoms with van der Waals surface area (Å²) in [5, 5.41) is 12.8. The quantitative estimate of drug-likeness (QED) is 0.0840. The molecule has 32 heavy (non-hydrogen) atoms. The van der Waals surface area contributed by atoms with E-state index >= 15 is 0 Å². The van der Waals surface area contributed by atoms with E-state index in [0.717, 1.165) is 5.56 Å². The molecule has 1 aromatic carbocycles. The number of carbonyl (C=O) groups is 3. The van der Waals surface area contributed by atoms with Gasteiger partial charge >= 0.3 is 0 Å². The van der Waals surface area contributed by atoms with Gasteiger partial charge in [0.25, 0.3) is 5.91 Å². The minimum Gasteiger partial charge on any atom is -0.369 e. The molecule has 10 heteroatoms. The summed E-state index contributed by atoms with van der Waals surface area (Å²) in [4.78, 5) is 36.8. The van der Waals surface area contributed by atoms with Crippen LogP contribution in [0.4, 0.5) is 0 Å². The largest absolute Gasteiger partial charge is 0.369 e. The molecule has 0 bridgehead atoms. The average molecular weight is 448 g/mol. The molecule has 0 aliphatic carbocycles. The fraction of sp³-hybridized carbons (Fsp3) is 0.591. The lowest BCUT2D eigenvalue weighted by Crippen LogP contribution is -2.42. The van der Waals surface area contributed by atoms with E-state index in [4.69, 9.17) is 17.3 Å². The first kappa shape index (κ1) is 27.2. The molecule has 2 atom stereocenters. The number of nitrogens with zero attached hydrogens (tertiary/aromatic N) is 2. The summed E-state index contributed by atoms with van der Waals surface area (Å²) in [6.07, 6.45) is 2.58. The number of benzene rings is 1. The van der Waals surface area contributed by atoms with Crippen molar-refractivity contribution < 1.29 is 14.4 Å². The molecule has 0 unspecified atom stereocenters. The van der Waals surface area contributed by atoms with Crippen LogP contribution in [0.5, 0.6) is 0 Å². The number of primary amides is 1. The lowest BCUT2D eigenvalue weighted by Gasteiger charge is -2.21. The van der Waals surface area contributed by atoms with Crippen molar-refractivity contribution in [1.29, 1.82) is 0 Å². The van der Waals surface area contributed by atoms with Crippen molar-refractivity contribution in [2.75, 3.05) is 13.2 Å². The van der Waals surface area contributed by atoms with Crippen LogP contribution < -0.4 is 27.9 Å². The van der Waals surface area contributed by atoms with E-state index in [-0.39, 0.29) is 30.8 Å². The van der Waals surface area contributed by atoms with Crippen molar-refractivity contribution in [3.63, 3.8) is 0 Å². The lowest BCUT2D eigenvalue weighted by molar-refractivity contribution is -0.128. The summed E-state index contributed by atoms with van der Waals surface area (Å²) in [5.41, 5.74) is 12.4. The second kappa shape index (κ2) is 15.0. The van der Waals surface area contributed by atoms with Crippen LogP contribution in [-0.2, 0) is 16.1 Å². The van der Waals surface area contributed by atoms with Crippen LogP contribution >= 0.6 is 0 Å². The highest BCUT2D eigenvalue weighted by molar-refractivity contribution is 5.94. The number of unbranched alkanes of at least 4 members (excludes halogenated alkanes) is 1. The van der Waals surface area contributed by atoms with Crippen LogP contribution in [-0.4, -0.2) is 36.9 Å². The number of Topliss-reactive ketones (excluding diaryl/α,β-unsaturated/α-hetero) is 1. The number of carbonyl (C=O) groups excluding carboxylic acids is 3. The van der Waals surface area contributed by atoms with Crippen molar-refractivity contribution in [1.82, 2.24) is 10.6 Å². The molecule has 0 aliphatic heterocycles. The van der Waals surface area contributed by atoms with Gasteiger partial charge in [0.05, 0.1) is 12.6 Å². The zero-order chi connectivity index (χ0) is 23.9. The molecule has 1 aromatic rings. The van der Waals surface area contributed by atoms with E-state index < -0.39 is 11.8 Å². The van der Waals surface area contributed by atoms with Gasteiger partial charge in [-0.05, 0) is 42.9 Å². The van der Waals surface area contributed by atoms with Gasteiger partial charge < -0.3 is 22.6 Å². The Labute approximate surface area is 189 Å². The van der Waals surface area contributed by atoms with Gasteiger partial charge in [-0.3, -0.25) is 19.7 Å². The summed E-state index contributed by atoms with van der Waals surface area (Å²) in [5.74, 6) is 4.08. The van der Waals surface area contributed by atoms with Gasteiger partial charge in [-0.25, -0.2) is 0 Å². The van der Waals surface area contributed by atoms with Crippen LogP contribution in [0.2, 0.25) is 0 Å². The Morgan fingerprint density at radius 2 is 1.91 bits per heavy atom. The van der Waals surface area contributed by atoms with Gasteiger partial charge in [0, 0.05) is 31.1 Å². The third kappa shape index (κ3) is 10.5. The Hall–Kier alpha value is -2.85. The number of nitrogens with one attached hydrogen (secondary N) is 2. The number of amides is 2. The molecule has 0 spiro atoms. The van der Waals surface area contributed by atoms with Crippen LogP contribution in [0.15, 0.2) is 34.6 Å². The third-order valence-corrected chi connectivity index (χ3v) is 5.10. The van der Waals surface area contributed by atoms with E-state index in [1.54, 1.807) is 18.2 Å². The van der Waals surface area contributed by atoms with Crippen LogP contribution in [0.25, 0.3) is 0 Å². The maximum absolute atomic E-state index is 12.6. The molecule has 0 aliphatic rings. The number of nitrogens with two attached hydrogens (primary N) is 3. The zero-order valence-corrected chi connectivity index (χ0v) is 19.0. The molecule has 2 amide bonds. The predicted molar refractivity (Wildman–Crippen MR) is 123 cm³/mol. The molecular formula is C22H37N7O3. The molecule has 10 nitrogen and oxygen atoms in total. The SMILES string of the molecule is CC(C)C[C@H](NCN)C(=O)C[C@@H](CCCCNC(=O)c1cccc(CN=NN)c1)C(N)=O. The summed E-state index contributed by atoms with van der Waals surface area (Å²) in [6.45, 7) is 5.02. The van der Waals surface area contributed by atoms with Crippen molar-refractivity contribution in [2.24, 2.45) is 39.5 Å². The van der Waals surface area contributed by atoms with Crippen molar-refractivity contribution in [3.05, 3.63) is 35.4 Å². The van der Waals surface area contributed by atoms with Gasteiger partial charge in [0.2, 0.25) is 5.91 Å². The van der Waals surface area contributed by atoms with Crippen molar-refractivity contribution in [2.45, 2.75) is 58.5 Å². The Kier molecular flexibility index (Phi) is 12.8.